The summed E-state index contributed by atoms with van der Waals surface area (Å²) in [7, 11) is 0. The lowest BCUT2D eigenvalue weighted by Crippen LogP contribution is -2.57. The van der Waals surface area contributed by atoms with Gasteiger partial charge in [0.1, 0.15) is 11.6 Å². The Bertz CT molecular complexity index is 1440. The number of benzene rings is 2. The van der Waals surface area contributed by atoms with Gasteiger partial charge in [0.15, 0.2) is 0 Å². The van der Waals surface area contributed by atoms with Gasteiger partial charge in [0.2, 0.25) is 11.8 Å². The molecule has 1 spiro atoms. The number of rotatable bonds is 4. The fourth-order valence-corrected chi connectivity index (χ4v) is 8.30. The quantitative estimate of drug-likeness (QED) is 0.409. The number of nitrogens with one attached hydrogen (secondary N) is 1. The van der Waals surface area contributed by atoms with Crippen molar-refractivity contribution < 1.29 is 18.4 Å². The fourth-order valence-electron chi connectivity index (χ4n) is 8.13. The molecule has 1 aliphatic carbocycles. The number of carbonyl (C=O) groups is 2. The van der Waals surface area contributed by atoms with Gasteiger partial charge in [0.25, 0.3) is 0 Å². The largest absolute Gasteiger partial charge is 0.351 e. The van der Waals surface area contributed by atoms with Crippen molar-refractivity contribution in [3.8, 4) is 0 Å². The molecule has 43 heavy (non-hydrogen) atoms. The lowest BCUT2D eigenvalue weighted by atomic mass is 9.65. The number of hydrogen-bond acceptors (Lipinski definition) is 3. The molecular formula is C35H46ClF2N3O2. The van der Waals surface area contributed by atoms with Crippen molar-refractivity contribution >= 4 is 23.4 Å². The van der Waals surface area contributed by atoms with Crippen molar-refractivity contribution in [2.24, 2.45) is 5.92 Å². The Labute approximate surface area is 260 Å². The summed E-state index contributed by atoms with van der Waals surface area (Å²) in [6.45, 7) is 18.6. The van der Waals surface area contributed by atoms with Gasteiger partial charge in [-0.1, -0.05) is 30.7 Å². The highest BCUT2D eigenvalue weighted by Crippen LogP contribution is 2.59. The summed E-state index contributed by atoms with van der Waals surface area (Å²) in [5, 5.41) is 3.92. The molecule has 2 amide bonds. The zero-order chi connectivity index (χ0) is 31.7. The molecule has 0 aromatic heterocycles. The molecule has 5 nitrogen and oxygen atoms in total. The maximum absolute atomic E-state index is 15.0. The number of likely N-dealkylation sites (tertiary alicyclic amines) is 2. The third-order valence-electron chi connectivity index (χ3n) is 11.0. The third kappa shape index (κ3) is 5.50. The molecule has 0 radical (unpaired) electrons. The maximum Gasteiger partial charge on any atom is 0.227 e. The predicted octanol–water partition coefficient (Wildman–Crippen LogP) is 6.88. The van der Waals surface area contributed by atoms with Crippen molar-refractivity contribution in [2.75, 3.05) is 26.2 Å². The summed E-state index contributed by atoms with van der Waals surface area (Å²) in [6, 6.07) is 8.02. The van der Waals surface area contributed by atoms with Crippen molar-refractivity contribution in [1.29, 1.82) is 0 Å². The second kappa shape index (κ2) is 10.8. The summed E-state index contributed by atoms with van der Waals surface area (Å²) in [4.78, 5) is 30.7. The second-order valence-electron chi connectivity index (χ2n) is 15.0. The lowest BCUT2D eigenvalue weighted by Gasteiger charge is -2.46. The van der Waals surface area contributed by atoms with Crippen LogP contribution < -0.4 is 5.32 Å². The van der Waals surface area contributed by atoms with E-state index in [1.165, 1.54) is 23.3 Å². The smallest absolute Gasteiger partial charge is 0.227 e. The fraction of sp³-hybridized carbons (Fsp3) is 0.600. The molecule has 1 N–H and O–H groups in total. The minimum Gasteiger partial charge on any atom is -0.351 e. The highest BCUT2D eigenvalue weighted by molar-refractivity contribution is 6.31. The lowest BCUT2D eigenvalue weighted by molar-refractivity contribution is -0.137. The first-order valence-corrected chi connectivity index (χ1v) is 15.8. The number of halogens is 3. The monoisotopic (exact) mass is 613 g/mol. The third-order valence-corrected chi connectivity index (χ3v) is 11.4. The molecule has 2 aliphatic heterocycles. The molecule has 2 heterocycles. The van der Waals surface area contributed by atoms with Crippen LogP contribution in [0.4, 0.5) is 8.78 Å². The Kier molecular flexibility index (Phi) is 8.04. The van der Waals surface area contributed by atoms with Crippen molar-refractivity contribution in [2.45, 2.75) is 102 Å². The molecule has 2 saturated heterocycles. The molecule has 2 aromatic rings. The SMILES string of the molecule is CC(=O)NC(C)(C)[C@@]1(C)CC2(CCN(C(=O)[C@@H]3CN(C(C)(C)C)C[C@H]3c3ccc(F)cc3F)CC2)c2cc(C)c(Cl)cc21. The zero-order valence-corrected chi connectivity index (χ0v) is 27.6. The Morgan fingerprint density at radius 1 is 1.00 bits per heavy atom. The maximum atomic E-state index is 15.0. The highest BCUT2D eigenvalue weighted by atomic mass is 35.5. The Morgan fingerprint density at radius 3 is 2.23 bits per heavy atom. The summed E-state index contributed by atoms with van der Waals surface area (Å²) < 4.78 is 28.8. The van der Waals surface area contributed by atoms with Crippen LogP contribution in [0, 0.1) is 24.5 Å². The number of fused-ring (bicyclic) bond motifs is 2. The van der Waals surface area contributed by atoms with Crippen LogP contribution in [0.25, 0.3) is 0 Å². The topological polar surface area (TPSA) is 52.7 Å². The molecule has 8 heteroatoms. The van der Waals surface area contributed by atoms with Gasteiger partial charge >= 0.3 is 0 Å². The Hall–Kier alpha value is -2.51. The number of carbonyl (C=O) groups excluding carboxylic acids is 2. The van der Waals surface area contributed by atoms with E-state index in [1.807, 2.05) is 11.8 Å². The molecule has 2 fully saturated rings. The number of piperidine rings is 1. The first-order valence-electron chi connectivity index (χ1n) is 15.5. The van der Waals surface area contributed by atoms with Gasteiger partial charge in [-0.2, -0.15) is 0 Å². The summed E-state index contributed by atoms with van der Waals surface area (Å²) in [5.41, 5.74) is 2.66. The van der Waals surface area contributed by atoms with E-state index < -0.39 is 23.1 Å². The van der Waals surface area contributed by atoms with Crippen LogP contribution in [-0.2, 0) is 20.4 Å². The second-order valence-corrected chi connectivity index (χ2v) is 15.4. The first kappa shape index (κ1) is 31.9. The van der Waals surface area contributed by atoms with E-state index in [-0.39, 0.29) is 34.1 Å². The van der Waals surface area contributed by atoms with E-state index in [1.54, 1.807) is 6.92 Å². The van der Waals surface area contributed by atoms with E-state index >= 15 is 4.39 Å². The number of aryl methyl sites for hydroxylation is 1. The molecule has 0 unspecified atom stereocenters. The number of nitrogens with zero attached hydrogens (tertiary/aromatic N) is 2. The van der Waals surface area contributed by atoms with E-state index in [0.717, 1.165) is 35.9 Å². The molecule has 0 saturated carbocycles. The van der Waals surface area contributed by atoms with Crippen LogP contribution in [-0.4, -0.2) is 58.9 Å². The van der Waals surface area contributed by atoms with Gasteiger partial charge in [-0.25, -0.2) is 8.78 Å². The van der Waals surface area contributed by atoms with E-state index in [2.05, 4.69) is 63.9 Å². The molecular weight excluding hydrogens is 568 g/mol. The van der Waals surface area contributed by atoms with Gasteiger partial charge in [-0.3, -0.25) is 14.5 Å². The first-order chi connectivity index (χ1) is 19.9. The minimum absolute atomic E-state index is 0.0437. The number of hydrogen-bond donors (Lipinski definition) is 1. The average Bonchev–Trinajstić information content (AvgIpc) is 3.43. The Balaban J connectivity index is 1.43. The zero-order valence-electron chi connectivity index (χ0n) is 26.8. The van der Waals surface area contributed by atoms with Crippen molar-refractivity contribution in [3.63, 3.8) is 0 Å². The van der Waals surface area contributed by atoms with E-state index in [4.69, 9.17) is 11.6 Å². The van der Waals surface area contributed by atoms with Gasteiger partial charge in [-0.15, -0.1) is 0 Å². The summed E-state index contributed by atoms with van der Waals surface area (Å²) >= 11 is 6.68. The molecule has 234 valence electrons. The van der Waals surface area contributed by atoms with Crippen LogP contribution in [0.1, 0.15) is 95.9 Å². The minimum atomic E-state index is -0.613. The van der Waals surface area contributed by atoms with Crippen molar-refractivity contribution in [3.05, 3.63) is 69.2 Å². The van der Waals surface area contributed by atoms with Gasteiger partial charge in [0, 0.05) is 66.6 Å². The Morgan fingerprint density at radius 2 is 1.65 bits per heavy atom. The van der Waals surface area contributed by atoms with Crippen LogP contribution >= 0.6 is 11.6 Å². The van der Waals surface area contributed by atoms with Gasteiger partial charge < -0.3 is 10.2 Å². The van der Waals surface area contributed by atoms with Gasteiger partial charge in [-0.05, 0) is 101 Å². The molecule has 3 aliphatic rings. The average molecular weight is 614 g/mol. The normalized spacial score (nSPS) is 25.7. The molecule has 5 rings (SSSR count). The predicted molar refractivity (Wildman–Crippen MR) is 167 cm³/mol. The number of amides is 2. The molecule has 0 bridgehead atoms. The standard InChI is InChI=1S/C35H46ClF2N3O2/c1-21-15-28-27(17-29(21)36)34(8,33(6,7)39-22(2)42)20-35(28)11-13-40(14-12-35)31(43)26-19-41(32(3,4)5)18-25(26)24-10-9-23(37)16-30(24)38/h9-10,15-17,25-26H,11-14,18-20H2,1-8H3,(H,39,42)/t25-,26+,34-/m0/s1. The molecule has 3 atom stereocenters. The van der Waals surface area contributed by atoms with Gasteiger partial charge in [0.05, 0.1) is 5.92 Å². The van der Waals surface area contributed by atoms with E-state index in [0.29, 0.717) is 31.7 Å². The van der Waals surface area contributed by atoms with E-state index in [9.17, 15) is 14.0 Å². The van der Waals surface area contributed by atoms with Crippen LogP contribution in [0.2, 0.25) is 5.02 Å². The van der Waals surface area contributed by atoms with Crippen molar-refractivity contribution in [1.82, 2.24) is 15.1 Å². The van der Waals surface area contributed by atoms with Crippen LogP contribution in [0.5, 0.6) is 0 Å². The highest BCUT2D eigenvalue weighted by Gasteiger charge is 2.57. The summed E-state index contributed by atoms with van der Waals surface area (Å²) in [6.07, 6.45) is 2.43. The van der Waals surface area contributed by atoms with Crippen LogP contribution in [0.3, 0.4) is 0 Å². The van der Waals surface area contributed by atoms with Crippen LogP contribution in [0.15, 0.2) is 30.3 Å². The molecule has 2 aromatic carbocycles. The summed E-state index contributed by atoms with van der Waals surface area (Å²) in [5.74, 6) is -1.98.